The van der Waals surface area contributed by atoms with Gasteiger partial charge in [0.05, 0.1) is 17.1 Å². The van der Waals surface area contributed by atoms with Crippen LogP contribution < -0.4 is 19.7 Å². The van der Waals surface area contributed by atoms with E-state index < -0.39 is 45.6 Å². The lowest BCUT2D eigenvalue weighted by Gasteiger charge is -2.34. The molecule has 2 unspecified atom stereocenters. The van der Waals surface area contributed by atoms with E-state index in [-0.39, 0.29) is 47.7 Å². The number of halogens is 3. The van der Waals surface area contributed by atoms with Crippen molar-refractivity contribution in [1.82, 2.24) is 24.5 Å². The van der Waals surface area contributed by atoms with Gasteiger partial charge in [0.1, 0.15) is 18.2 Å². The Balaban J connectivity index is 1.27. The van der Waals surface area contributed by atoms with Crippen LogP contribution in [0, 0.1) is 11.3 Å². The smallest absolute Gasteiger partial charge is 0.394 e. The number of pyridine rings is 2. The van der Waals surface area contributed by atoms with Gasteiger partial charge in [0, 0.05) is 30.9 Å². The molecule has 12 nitrogen and oxygen atoms in total. The maximum Gasteiger partial charge on any atom is 0.394 e. The first-order chi connectivity index (χ1) is 21.7. The molecule has 6 rings (SSSR count). The first-order valence-corrected chi connectivity index (χ1v) is 16.6. The number of aromatic nitrogens is 4. The van der Waals surface area contributed by atoms with Crippen LogP contribution in [0.25, 0.3) is 5.82 Å². The molecule has 16 heteroatoms. The Kier molecular flexibility index (Phi) is 8.15. The number of hydrogen-bond acceptors (Lipinski definition) is 10. The second-order valence-corrected chi connectivity index (χ2v) is 14.6. The molecule has 3 aliphatic rings. The molecule has 0 spiro atoms. The number of aliphatic hydroxyl groups excluding tert-OH is 1. The van der Waals surface area contributed by atoms with Gasteiger partial charge in [0.15, 0.2) is 10.8 Å². The zero-order chi connectivity index (χ0) is 32.9. The number of ether oxygens (including phenoxy) is 1. The van der Waals surface area contributed by atoms with Crippen LogP contribution in [0.5, 0.6) is 5.88 Å². The molecule has 3 aromatic heterocycles. The van der Waals surface area contributed by atoms with Crippen molar-refractivity contribution in [2.24, 2.45) is 11.3 Å². The van der Waals surface area contributed by atoms with E-state index in [9.17, 15) is 31.5 Å². The van der Waals surface area contributed by atoms with Gasteiger partial charge in [-0.3, -0.25) is 4.79 Å². The molecule has 3 aromatic rings. The minimum absolute atomic E-state index is 0.00795. The summed E-state index contributed by atoms with van der Waals surface area (Å²) in [5, 5.41) is 17.4. The summed E-state index contributed by atoms with van der Waals surface area (Å²) in [7, 11) is -4.32. The maximum atomic E-state index is 13.6. The number of carbonyl (C=O) groups is 1. The van der Waals surface area contributed by atoms with Crippen LogP contribution in [0.3, 0.4) is 0 Å². The largest absolute Gasteiger partial charge is 0.474 e. The summed E-state index contributed by atoms with van der Waals surface area (Å²) in [6.45, 7) is 4.92. The van der Waals surface area contributed by atoms with Gasteiger partial charge in [-0.15, -0.1) is 5.10 Å². The molecule has 248 valence electrons. The quantitative estimate of drug-likeness (QED) is 0.352. The molecule has 46 heavy (non-hydrogen) atoms. The molecule has 1 saturated heterocycles. The third kappa shape index (κ3) is 6.49. The van der Waals surface area contributed by atoms with Crippen LogP contribution in [0.4, 0.5) is 24.8 Å². The van der Waals surface area contributed by atoms with Gasteiger partial charge in [0.25, 0.3) is 15.9 Å². The average Bonchev–Trinajstić information content (AvgIpc) is 3.51. The summed E-state index contributed by atoms with van der Waals surface area (Å²) >= 11 is 0. The van der Waals surface area contributed by atoms with E-state index in [0.717, 1.165) is 19.3 Å². The van der Waals surface area contributed by atoms with Gasteiger partial charge in [-0.05, 0) is 82.6 Å². The average molecular weight is 664 g/mol. The molecule has 2 fully saturated rings. The molecule has 1 amide bonds. The molecule has 5 heterocycles. The number of amides is 1. The maximum absolute atomic E-state index is 13.6. The highest BCUT2D eigenvalue weighted by molar-refractivity contribution is 7.90. The van der Waals surface area contributed by atoms with Crippen LogP contribution >= 0.6 is 0 Å². The van der Waals surface area contributed by atoms with Crippen LogP contribution in [0.15, 0.2) is 47.6 Å². The van der Waals surface area contributed by atoms with Crippen molar-refractivity contribution >= 4 is 27.6 Å². The first kappa shape index (κ1) is 32.0. The monoisotopic (exact) mass is 663 g/mol. The molecule has 1 saturated carbocycles. The Hall–Kier alpha value is -3.92. The van der Waals surface area contributed by atoms with E-state index in [4.69, 9.17) is 9.72 Å². The summed E-state index contributed by atoms with van der Waals surface area (Å²) in [6.07, 6.45) is -2.07. The fourth-order valence-corrected chi connectivity index (χ4v) is 7.29. The van der Waals surface area contributed by atoms with E-state index in [1.807, 2.05) is 18.7 Å². The number of carbonyl (C=O) groups excluding carboxylic acids is 1. The second kappa shape index (κ2) is 11.7. The van der Waals surface area contributed by atoms with Crippen molar-refractivity contribution in [3.05, 3.63) is 48.2 Å². The molecular weight excluding hydrogens is 627 g/mol. The number of fused-ring (bicyclic) bond motifs is 6. The van der Waals surface area contributed by atoms with Crippen molar-refractivity contribution in [3.8, 4) is 11.7 Å². The summed E-state index contributed by atoms with van der Waals surface area (Å²) in [6, 6.07) is 9.02. The minimum Gasteiger partial charge on any atom is -0.474 e. The van der Waals surface area contributed by atoms with Crippen molar-refractivity contribution in [1.29, 1.82) is 0 Å². The van der Waals surface area contributed by atoms with E-state index in [1.165, 1.54) is 35.1 Å². The molecule has 1 aliphatic carbocycles. The summed E-state index contributed by atoms with van der Waals surface area (Å²) in [4.78, 5) is 24.5. The van der Waals surface area contributed by atoms with Gasteiger partial charge >= 0.3 is 6.18 Å². The summed E-state index contributed by atoms with van der Waals surface area (Å²) in [5.74, 6) is 0.471. The third-order valence-corrected chi connectivity index (χ3v) is 10.2. The topological polar surface area (TPSA) is 152 Å². The highest BCUT2D eigenvalue weighted by Gasteiger charge is 2.63. The van der Waals surface area contributed by atoms with Crippen molar-refractivity contribution in [2.75, 3.05) is 29.9 Å². The van der Waals surface area contributed by atoms with Crippen LogP contribution in [-0.4, -0.2) is 76.7 Å². The fourth-order valence-electron chi connectivity index (χ4n) is 6.36. The third-order valence-electron chi connectivity index (χ3n) is 8.95. The van der Waals surface area contributed by atoms with Crippen LogP contribution in [0.1, 0.15) is 62.7 Å². The zero-order valence-corrected chi connectivity index (χ0v) is 26.2. The number of anilines is 2. The fraction of sp³-hybridized carbons (Fsp3) is 0.533. The lowest BCUT2D eigenvalue weighted by atomic mass is 9.93. The van der Waals surface area contributed by atoms with Crippen LogP contribution in [-0.2, 0) is 10.0 Å². The van der Waals surface area contributed by atoms with Crippen molar-refractivity contribution in [2.45, 2.75) is 75.2 Å². The van der Waals surface area contributed by atoms with E-state index in [0.29, 0.717) is 24.7 Å². The minimum atomic E-state index is -4.37. The highest BCUT2D eigenvalue weighted by Crippen LogP contribution is 2.60. The molecule has 4 bridgehead atoms. The summed E-state index contributed by atoms with van der Waals surface area (Å²) in [5.41, 5.74) is -2.21. The predicted molar refractivity (Wildman–Crippen MR) is 161 cm³/mol. The predicted octanol–water partition coefficient (Wildman–Crippen LogP) is 4.06. The Morgan fingerprint density at radius 3 is 2.67 bits per heavy atom. The Morgan fingerprint density at radius 1 is 1.15 bits per heavy atom. The van der Waals surface area contributed by atoms with Gasteiger partial charge in [0.2, 0.25) is 5.88 Å². The Morgan fingerprint density at radius 2 is 1.93 bits per heavy atom. The molecule has 3 N–H and O–H groups in total. The SMILES string of the molecule is CC1(C)CC2CCCNc3cccc(n3)S(=O)(=O)NC(=O)c3ccc(-n4ccc(OCC(O)CC5(C(F)(F)F)CC5)n4)nc3N1C2. The Bertz CT molecular complexity index is 1730. The Labute approximate surface area is 264 Å². The number of sulfonamides is 1. The van der Waals surface area contributed by atoms with Gasteiger partial charge in [-0.25, -0.2) is 19.4 Å². The van der Waals surface area contributed by atoms with Crippen LogP contribution in [0.2, 0.25) is 0 Å². The standard InChI is InChI=1S/C30H36F3N7O5S/c1-28(2)15-19-5-4-13-34-22-6-3-7-25(35-22)46(43,44)38-27(42)21-8-9-23(36-26(21)39(28)17-19)40-14-10-24(37-40)45-18-20(41)16-29(11-12-29)30(31,32)33/h3,6-10,14,19-20,41H,4-5,11-13,15-18H2,1-2H3,(H,34,35)(H,38,42). The highest BCUT2D eigenvalue weighted by atomic mass is 32.2. The van der Waals surface area contributed by atoms with E-state index in [2.05, 4.69) is 20.1 Å². The zero-order valence-electron chi connectivity index (χ0n) is 25.4. The van der Waals surface area contributed by atoms with Gasteiger partial charge < -0.3 is 20.1 Å². The molecule has 2 aliphatic heterocycles. The number of rotatable bonds is 6. The normalized spacial score (nSPS) is 22.4. The number of nitrogens with one attached hydrogen (secondary N) is 2. The number of hydrogen-bond donors (Lipinski definition) is 3. The number of aliphatic hydroxyl groups is 1. The van der Waals surface area contributed by atoms with Crippen molar-refractivity contribution in [3.63, 3.8) is 0 Å². The number of nitrogens with zero attached hydrogens (tertiary/aromatic N) is 5. The molecule has 0 aromatic carbocycles. The van der Waals surface area contributed by atoms with Gasteiger partial charge in [-0.2, -0.15) is 21.6 Å². The summed E-state index contributed by atoms with van der Waals surface area (Å²) < 4.78 is 75.2. The van der Waals surface area contributed by atoms with Gasteiger partial charge in [-0.1, -0.05) is 6.07 Å². The van der Waals surface area contributed by atoms with Crippen molar-refractivity contribution < 1.29 is 36.2 Å². The van der Waals surface area contributed by atoms with E-state index in [1.54, 1.807) is 12.1 Å². The first-order valence-electron chi connectivity index (χ1n) is 15.2. The van der Waals surface area contributed by atoms with E-state index >= 15 is 0 Å². The molecule has 2 atom stereocenters. The molecular formula is C30H36F3N7O5S. The number of alkyl halides is 3. The lowest BCUT2D eigenvalue weighted by molar-refractivity contribution is -0.195. The molecule has 0 radical (unpaired) electrons. The second-order valence-electron chi connectivity index (χ2n) is 12.9. The lowest BCUT2D eigenvalue weighted by Crippen LogP contribution is -2.41.